The Balaban J connectivity index is 1.90. The van der Waals surface area contributed by atoms with E-state index in [9.17, 15) is 5.11 Å². The third-order valence-corrected chi connectivity index (χ3v) is 6.76. The number of aliphatic hydroxyl groups excluding tert-OH is 1. The quantitative estimate of drug-likeness (QED) is 0.846. The van der Waals surface area contributed by atoms with Crippen molar-refractivity contribution in [3.8, 4) is 0 Å². The predicted molar refractivity (Wildman–Crippen MR) is 77.6 cm³/mol. The predicted octanol–water partition coefficient (Wildman–Crippen LogP) is 2.89. The van der Waals surface area contributed by atoms with Crippen LogP contribution in [-0.4, -0.2) is 26.2 Å². The van der Waals surface area contributed by atoms with E-state index in [2.05, 4.69) is 42.5 Å². The van der Waals surface area contributed by atoms with Gasteiger partial charge in [-0.15, -0.1) is 0 Å². The first-order chi connectivity index (χ1) is 8.84. The second-order valence-electron chi connectivity index (χ2n) is 4.99. The molecule has 1 fully saturated rings. The van der Waals surface area contributed by atoms with Gasteiger partial charge in [0.05, 0.1) is 0 Å². The van der Waals surface area contributed by atoms with Crippen LogP contribution < -0.4 is 4.46 Å². The molecule has 3 rings (SSSR count). The summed E-state index contributed by atoms with van der Waals surface area (Å²) in [6.45, 7) is 0. The van der Waals surface area contributed by atoms with Crippen molar-refractivity contribution >= 4 is 30.2 Å². The van der Waals surface area contributed by atoms with E-state index in [0.717, 1.165) is 6.42 Å². The van der Waals surface area contributed by atoms with E-state index in [1.54, 1.807) is 0 Å². The number of rotatable bonds is 2. The van der Waals surface area contributed by atoms with Crippen LogP contribution in [0.5, 0.6) is 0 Å². The van der Waals surface area contributed by atoms with Gasteiger partial charge in [-0.3, -0.25) is 0 Å². The van der Waals surface area contributed by atoms with Gasteiger partial charge in [-0.05, 0) is 0 Å². The molecule has 94 valence electrons. The summed E-state index contributed by atoms with van der Waals surface area (Å²) in [5.41, 5.74) is 0. The Bertz CT molecular complexity index is 532. The molecule has 0 bridgehead atoms. The van der Waals surface area contributed by atoms with Gasteiger partial charge >= 0.3 is 114 Å². The summed E-state index contributed by atoms with van der Waals surface area (Å²) in [4.78, 5) is 0.511. The molecule has 0 heterocycles. The zero-order valence-corrected chi connectivity index (χ0v) is 12.1. The Morgan fingerprint density at radius 1 is 0.944 bits per heavy atom. The Kier molecular flexibility index (Phi) is 3.69. The van der Waals surface area contributed by atoms with Crippen LogP contribution in [0.25, 0.3) is 10.8 Å². The van der Waals surface area contributed by atoms with Gasteiger partial charge in [0.25, 0.3) is 0 Å². The zero-order valence-electron chi connectivity index (χ0n) is 10.4. The van der Waals surface area contributed by atoms with Gasteiger partial charge in [0.1, 0.15) is 0 Å². The Morgan fingerprint density at radius 2 is 1.72 bits per heavy atom. The number of fused-ring (bicyclic) bond motifs is 1. The Labute approximate surface area is 114 Å². The standard InChI is InChI=1S/C16H18OSe/c17-14-9-3-4-10-16(14)18-15-11-5-7-12-6-1-2-8-13(12)15/h1-2,5-8,11,14,16-17H,3-4,9-10H2. The summed E-state index contributed by atoms with van der Waals surface area (Å²) in [5, 5.41) is 12.8. The average Bonchev–Trinajstić information content (AvgIpc) is 2.42. The first kappa shape index (κ1) is 12.2. The fourth-order valence-corrected chi connectivity index (χ4v) is 5.56. The molecule has 2 heteroatoms. The van der Waals surface area contributed by atoms with Crippen molar-refractivity contribution in [1.29, 1.82) is 0 Å². The van der Waals surface area contributed by atoms with Gasteiger partial charge in [-0.1, -0.05) is 0 Å². The monoisotopic (exact) mass is 306 g/mol. The molecule has 0 spiro atoms. The molecule has 2 unspecified atom stereocenters. The summed E-state index contributed by atoms with van der Waals surface area (Å²) in [6.07, 6.45) is 4.61. The summed E-state index contributed by atoms with van der Waals surface area (Å²) in [6, 6.07) is 15.1. The van der Waals surface area contributed by atoms with Crippen LogP contribution in [0.2, 0.25) is 4.82 Å². The van der Waals surface area contributed by atoms with E-state index >= 15 is 0 Å². The second kappa shape index (κ2) is 5.44. The van der Waals surface area contributed by atoms with E-state index in [1.807, 2.05) is 0 Å². The average molecular weight is 305 g/mol. The molecule has 1 saturated carbocycles. The molecule has 2 aromatic carbocycles. The molecule has 18 heavy (non-hydrogen) atoms. The number of hydrogen-bond donors (Lipinski definition) is 1. The molecule has 1 nitrogen and oxygen atoms in total. The van der Waals surface area contributed by atoms with Crippen LogP contribution in [0.3, 0.4) is 0 Å². The third kappa shape index (κ3) is 2.47. The van der Waals surface area contributed by atoms with Gasteiger partial charge in [-0.25, -0.2) is 0 Å². The zero-order chi connectivity index (χ0) is 12.4. The molecule has 2 aromatic rings. The summed E-state index contributed by atoms with van der Waals surface area (Å²) >= 11 is 0.390. The van der Waals surface area contributed by atoms with Crippen molar-refractivity contribution in [3.05, 3.63) is 42.5 Å². The van der Waals surface area contributed by atoms with Gasteiger partial charge in [0, 0.05) is 0 Å². The molecular formula is C16H18OSe. The molecule has 0 aromatic heterocycles. The van der Waals surface area contributed by atoms with E-state index < -0.39 is 0 Å². The van der Waals surface area contributed by atoms with E-state index in [1.165, 1.54) is 34.5 Å². The molecule has 0 saturated heterocycles. The fourth-order valence-electron chi connectivity index (χ4n) is 2.68. The maximum absolute atomic E-state index is 10.1. The van der Waals surface area contributed by atoms with Crippen LogP contribution in [0.15, 0.2) is 42.5 Å². The van der Waals surface area contributed by atoms with Crippen molar-refractivity contribution in [2.45, 2.75) is 36.6 Å². The van der Waals surface area contributed by atoms with Gasteiger partial charge in [0.15, 0.2) is 0 Å². The maximum atomic E-state index is 10.1. The Morgan fingerprint density at radius 3 is 2.61 bits per heavy atom. The molecule has 1 aliphatic carbocycles. The van der Waals surface area contributed by atoms with Crippen LogP contribution in [0, 0.1) is 0 Å². The number of hydrogen-bond acceptors (Lipinski definition) is 1. The van der Waals surface area contributed by atoms with Gasteiger partial charge in [0.2, 0.25) is 0 Å². The first-order valence-electron chi connectivity index (χ1n) is 6.67. The second-order valence-corrected chi connectivity index (χ2v) is 7.67. The van der Waals surface area contributed by atoms with Crippen molar-refractivity contribution in [2.24, 2.45) is 0 Å². The van der Waals surface area contributed by atoms with E-state index in [-0.39, 0.29) is 6.10 Å². The number of aliphatic hydroxyl groups is 1. The van der Waals surface area contributed by atoms with Crippen LogP contribution in [-0.2, 0) is 0 Å². The topological polar surface area (TPSA) is 20.2 Å². The summed E-state index contributed by atoms with van der Waals surface area (Å²) in [5.74, 6) is 0. The van der Waals surface area contributed by atoms with Crippen molar-refractivity contribution in [1.82, 2.24) is 0 Å². The first-order valence-corrected chi connectivity index (χ1v) is 8.51. The fraction of sp³-hybridized carbons (Fsp3) is 0.375. The normalized spacial score (nSPS) is 24.3. The minimum absolute atomic E-state index is 0.0716. The molecule has 0 amide bonds. The van der Waals surface area contributed by atoms with Gasteiger partial charge < -0.3 is 0 Å². The van der Waals surface area contributed by atoms with Crippen LogP contribution >= 0.6 is 0 Å². The third-order valence-electron chi connectivity index (χ3n) is 3.70. The molecule has 0 aliphatic heterocycles. The van der Waals surface area contributed by atoms with Gasteiger partial charge in [-0.2, -0.15) is 0 Å². The molecule has 2 atom stereocenters. The molecular weight excluding hydrogens is 287 g/mol. The van der Waals surface area contributed by atoms with Crippen molar-refractivity contribution in [3.63, 3.8) is 0 Å². The molecule has 0 radical (unpaired) electrons. The minimum atomic E-state index is -0.0716. The summed E-state index contributed by atoms with van der Waals surface area (Å²) < 4.78 is 1.45. The van der Waals surface area contributed by atoms with Crippen LogP contribution in [0.4, 0.5) is 0 Å². The SMILES string of the molecule is OC1CCCCC1[Se]c1cccc2ccccc12. The molecule has 1 N–H and O–H groups in total. The molecule has 1 aliphatic rings. The van der Waals surface area contributed by atoms with Crippen molar-refractivity contribution < 1.29 is 5.11 Å². The summed E-state index contributed by atoms with van der Waals surface area (Å²) in [7, 11) is 0. The Hall–Kier alpha value is -0.821. The van der Waals surface area contributed by atoms with E-state index in [0.29, 0.717) is 19.8 Å². The van der Waals surface area contributed by atoms with Crippen LogP contribution in [0.1, 0.15) is 25.7 Å². The number of benzene rings is 2. The van der Waals surface area contributed by atoms with E-state index in [4.69, 9.17) is 0 Å². The van der Waals surface area contributed by atoms with Crippen molar-refractivity contribution in [2.75, 3.05) is 0 Å².